The Kier molecular flexibility index (Phi) is 8.71. The summed E-state index contributed by atoms with van der Waals surface area (Å²) in [6, 6.07) is 56.7. The monoisotopic (exact) mass is 824 g/mol. The minimum atomic E-state index is -0.00357. The largest absolute Gasteiger partial charge is 0.309 e. The molecule has 3 aliphatic rings. The molecule has 0 amide bonds. The standard InChI is InChI=1S/C60H48N4/c1-38-17-15-25-49-54(38)57-55(46-24-11-12-26-52(46)64(57)45-22-9-6-10-23-45)56(61-49)41-30-28-40(29-31-41)51-37-50(39-18-7-5-8-19-39)62-58(63-51)44-21-16-20-42(35-44)43-32-33-47-48(36-43)59(2,3)53-27-13-14-34-60(47,53)4/h5-16,18-38,53H,17H2,1-4H3. The van der Waals surface area contributed by atoms with Gasteiger partial charge in [-0.15, -0.1) is 0 Å². The van der Waals surface area contributed by atoms with Gasteiger partial charge in [0.05, 0.1) is 33.8 Å². The van der Waals surface area contributed by atoms with E-state index in [1.165, 1.54) is 44.1 Å². The van der Waals surface area contributed by atoms with Gasteiger partial charge >= 0.3 is 0 Å². The van der Waals surface area contributed by atoms with Crippen LogP contribution >= 0.6 is 0 Å². The summed E-state index contributed by atoms with van der Waals surface area (Å²) in [5.74, 6) is 1.46. The van der Waals surface area contributed by atoms with Gasteiger partial charge in [-0.1, -0.05) is 185 Å². The molecule has 0 aliphatic heterocycles. The highest BCUT2D eigenvalue weighted by Crippen LogP contribution is 2.57. The molecular formula is C60H48N4. The summed E-state index contributed by atoms with van der Waals surface area (Å²) in [5.41, 5.74) is 18.0. The van der Waals surface area contributed by atoms with Crippen molar-refractivity contribution in [3.63, 3.8) is 0 Å². The van der Waals surface area contributed by atoms with Gasteiger partial charge in [-0.3, -0.25) is 0 Å². The predicted octanol–water partition coefficient (Wildman–Crippen LogP) is 15.1. The predicted molar refractivity (Wildman–Crippen MR) is 266 cm³/mol. The van der Waals surface area contributed by atoms with Crippen molar-refractivity contribution < 1.29 is 0 Å². The highest BCUT2D eigenvalue weighted by atomic mass is 15.0. The lowest BCUT2D eigenvalue weighted by Crippen LogP contribution is -2.33. The lowest BCUT2D eigenvalue weighted by Gasteiger charge is -2.36. The molecule has 9 aromatic rings. The van der Waals surface area contributed by atoms with Crippen molar-refractivity contribution in [2.45, 2.75) is 50.9 Å². The van der Waals surface area contributed by atoms with E-state index in [2.05, 4.69) is 220 Å². The number of hydrogen-bond acceptors (Lipinski definition) is 3. The first-order valence-electron chi connectivity index (χ1n) is 22.6. The molecule has 12 rings (SSSR count). The normalized spacial score (nSPS) is 19.2. The second-order valence-corrected chi connectivity index (χ2v) is 18.7. The third-order valence-corrected chi connectivity index (χ3v) is 14.4. The van der Waals surface area contributed by atoms with Crippen molar-refractivity contribution >= 4 is 27.9 Å². The molecule has 0 saturated carbocycles. The van der Waals surface area contributed by atoms with Gasteiger partial charge < -0.3 is 4.57 Å². The zero-order valence-electron chi connectivity index (χ0n) is 36.6. The van der Waals surface area contributed by atoms with Gasteiger partial charge in [0.15, 0.2) is 5.82 Å². The van der Waals surface area contributed by atoms with Crippen LogP contribution in [0.1, 0.15) is 62.4 Å². The summed E-state index contributed by atoms with van der Waals surface area (Å²) >= 11 is 0. The molecule has 4 heteroatoms. The number of fused-ring (bicyclic) bond motifs is 8. The summed E-state index contributed by atoms with van der Waals surface area (Å²) in [4.78, 5) is 16.0. The second-order valence-electron chi connectivity index (χ2n) is 18.7. The van der Waals surface area contributed by atoms with E-state index in [4.69, 9.17) is 15.0 Å². The Balaban J connectivity index is 0.972. The average Bonchev–Trinajstić information content (AvgIpc) is 3.78. The third-order valence-electron chi connectivity index (χ3n) is 14.4. The first-order valence-corrected chi connectivity index (χ1v) is 22.6. The van der Waals surface area contributed by atoms with Crippen LogP contribution in [0.5, 0.6) is 0 Å². The maximum absolute atomic E-state index is 5.48. The molecule has 308 valence electrons. The number of pyridine rings is 1. The van der Waals surface area contributed by atoms with E-state index >= 15 is 0 Å². The first-order chi connectivity index (χ1) is 31.3. The molecule has 3 aromatic heterocycles. The Morgan fingerprint density at radius 1 is 0.578 bits per heavy atom. The zero-order valence-corrected chi connectivity index (χ0v) is 36.6. The van der Waals surface area contributed by atoms with E-state index in [-0.39, 0.29) is 10.8 Å². The number of aromatic nitrogens is 4. The zero-order chi connectivity index (χ0) is 43.2. The lowest BCUT2D eigenvalue weighted by atomic mass is 9.67. The van der Waals surface area contributed by atoms with E-state index in [9.17, 15) is 0 Å². The summed E-state index contributed by atoms with van der Waals surface area (Å²) in [6.07, 6.45) is 14.7. The maximum atomic E-state index is 5.48. The molecule has 4 nitrogen and oxygen atoms in total. The van der Waals surface area contributed by atoms with Crippen molar-refractivity contribution in [2.75, 3.05) is 0 Å². The molecule has 3 atom stereocenters. The van der Waals surface area contributed by atoms with Crippen molar-refractivity contribution in [2.24, 2.45) is 5.92 Å². The van der Waals surface area contributed by atoms with Gasteiger partial charge in [0.2, 0.25) is 0 Å². The molecule has 0 fully saturated rings. The number of rotatable bonds is 6. The van der Waals surface area contributed by atoms with Crippen LogP contribution in [0.2, 0.25) is 0 Å². The average molecular weight is 825 g/mol. The lowest BCUT2D eigenvalue weighted by molar-refractivity contribution is 0.324. The maximum Gasteiger partial charge on any atom is 0.160 e. The highest BCUT2D eigenvalue weighted by molar-refractivity contribution is 6.16. The molecule has 0 saturated heterocycles. The van der Waals surface area contributed by atoms with Crippen molar-refractivity contribution in [1.29, 1.82) is 0 Å². The summed E-state index contributed by atoms with van der Waals surface area (Å²) in [7, 11) is 0. The molecular weight excluding hydrogens is 777 g/mol. The molecule has 3 heterocycles. The Labute approximate surface area is 375 Å². The minimum absolute atomic E-state index is 0.00357. The molecule has 0 bridgehead atoms. The number of allylic oxidation sites excluding steroid dienone is 5. The fourth-order valence-electron chi connectivity index (χ4n) is 11.3. The molecule has 0 spiro atoms. The highest BCUT2D eigenvalue weighted by Gasteiger charge is 2.51. The van der Waals surface area contributed by atoms with E-state index < -0.39 is 0 Å². The molecule has 6 aromatic carbocycles. The number of para-hydroxylation sites is 2. The van der Waals surface area contributed by atoms with Crippen LogP contribution < -0.4 is 0 Å². The summed E-state index contributed by atoms with van der Waals surface area (Å²) < 4.78 is 2.45. The number of benzene rings is 6. The fourth-order valence-corrected chi connectivity index (χ4v) is 11.3. The van der Waals surface area contributed by atoms with Crippen LogP contribution in [0, 0.1) is 5.92 Å². The molecule has 3 unspecified atom stereocenters. The summed E-state index contributed by atoms with van der Waals surface area (Å²) in [5, 5.41) is 2.40. The van der Waals surface area contributed by atoms with Gasteiger partial charge in [-0.25, -0.2) is 15.0 Å². The molecule has 64 heavy (non-hydrogen) atoms. The second kappa shape index (κ2) is 14.6. The molecule has 0 radical (unpaired) electrons. The third kappa shape index (κ3) is 5.93. The number of nitrogens with zero attached hydrogens (tertiary/aromatic N) is 4. The van der Waals surface area contributed by atoms with Gasteiger partial charge in [0, 0.05) is 49.7 Å². The van der Waals surface area contributed by atoms with Crippen molar-refractivity contribution in [3.8, 4) is 62.0 Å². The Bertz CT molecular complexity index is 3410. The SMILES string of the molecule is CC1CC=Cc2nc(-c3ccc(-c4cc(-c5ccccc5)nc(-c5cccc(-c6ccc7c(c6)C(C)(C)C6C=CC=CC76C)c5)n4)cc3)c3c4ccccc4n(-c4ccccc4)c3c21. The first kappa shape index (κ1) is 38.3. The van der Waals surface area contributed by atoms with E-state index in [1.54, 1.807) is 0 Å². The smallest absolute Gasteiger partial charge is 0.160 e. The van der Waals surface area contributed by atoms with Crippen LogP contribution in [0.4, 0.5) is 0 Å². The van der Waals surface area contributed by atoms with Crippen LogP contribution in [0.3, 0.4) is 0 Å². The van der Waals surface area contributed by atoms with Crippen molar-refractivity contribution in [1.82, 2.24) is 19.5 Å². The van der Waals surface area contributed by atoms with Crippen LogP contribution in [-0.4, -0.2) is 19.5 Å². The quantitative estimate of drug-likeness (QED) is 0.168. The van der Waals surface area contributed by atoms with E-state index in [0.717, 1.165) is 62.7 Å². The minimum Gasteiger partial charge on any atom is -0.309 e. The van der Waals surface area contributed by atoms with Gasteiger partial charge in [0.1, 0.15) is 0 Å². The van der Waals surface area contributed by atoms with Gasteiger partial charge in [-0.2, -0.15) is 0 Å². The van der Waals surface area contributed by atoms with Crippen LogP contribution in [-0.2, 0) is 10.8 Å². The van der Waals surface area contributed by atoms with E-state index in [1.807, 2.05) is 6.07 Å². The Morgan fingerprint density at radius 2 is 1.23 bits per heavy atom. The number of hydrogen-bond donors (Lipinski definition) is 0. The summed E-state index contributed by atoms with van der Waals surface area (Å²) in [6.45, 7) is 9.51. The molecule has 3 aliphatic carbocycles. The van der Waals surface area contributed by atoms with Gasteiger partial charge in [0.25, 0.3) is 0 Å². The molecule has 0 N–H and O–H groups in total. The topological polar surface area (TPSA) is 43.6 Å². The van der Waals surface area contributed by atoms with Gasteiger partial charge in [-0.05, 0) is 82.3 Å². The van der Waals surface area contributed by atoms with Crippen LogP contribution in [0.25, 0.3) is 89.9 Å². The van der Waals surface area contributed by atoms with E-state index in [0.29, 0.717) is 17.7 Å². The van der Waals surface area contributed by atoms with Crippen molar-refractivity contribution in [3.05, 3.63) is 210 Å². The Morgan fingerprint density at radius 3 is 2.03 bits per heavy atom. The van der Waals surface area contributed by atoms with Crippen LogP contribution in [0.15, 0.2) is 188 Å². The fraction of sp³-hybridized carbons (Fsp3) is 0.150. The Hall–Kier alpha value is -7.43.